The van der Waals surface area contributed by atoms with E-state index in [2.05, 4.69) is 4.72 Å². The van der Waals surface area contributed by atoms with Gasteiger partial charge in [-0.05, 0) is 26.0 Å². The third kappa shape index (κ3) is 4.82. The number of methoxy groups -OCH3 is 1. The number of rotatable bonds is 8. The second kappa shape index (κ2) is 7.95. The zero-order valence-corrected chi connectivity index (χ0v) is 13.9. The van der Waals surface area contributed by atoms with Crippen LogP contribution in [0, 0.1) is 0 Å². The van der Waals surface area contributed by atoms with Gasteiger partial charge in [0.2, 0.25) is 10.0 Å². The first-order chi connectivity index (χ1) is 9.85. The molecule has 0 amide bonds. The molecular weight excluding hydrogens is 316 g/mol. The summed E-state index contributed by atoms with van der Waals surface area (Å²) in [5.41, 5.74) is 6.13. The van der Waals surface area contributed by atoms with E-state index in [0.717, 1.165) is 0 Å². The molecule has 0 heterocycles. The summed E-state index contributed by atoms with van der Waals surface area (Å²) in [6.07, 6.45) is 0. The van der Waals surface area contributed by atoms with E-state index >= 15 is 0 Å². The average Bonchev–Trinajstić information content (AvgIpc) is 2.43. The maximum atomic E-state index is 12.5. The first-order valence-electron chi connectivity index (χ1n) is 6.52. The number of nitrogens with two attached hydrogens (primary N) is 1. The number of hydrogen-bond donors (Lipinski definition) is 2. The first kappa shape index (κ1) is 18.2. The summed E-state index contributed by atoms with van der Waals surface area (Å²) < 4.78 is 37.8. The molecule has 0 saturated heterocycles. The van der Waals surface area contributed by atoms with Crippen LogP contribution in [0.5, 0.6) is 5.75 Å². The topological polar surface area (TPSA) is 90.7 Å². The summed E-state index contributed by atoms with van der Waals surface area (Å²) in [6.45, 7) is 4.48. The van der Waals surface area contributed by atoms with Gasteiger partial charge >= 0.3 is 0 Å². The minimum atomic E-state index is -3.78. The van der Waals surface area contributed by atoms with Crippen LogP contribution in [0.1, 0.15) is 19.4 Å². The van der Waals surface area contributed by atoms with Gasteiger partial charge in [0.25, 0.3) is 0 Å². The van der Waals surface area contributed by atoms with Gasteiger partial charge in [0.1, 0.15) is 10.6 Å². The molecule has 120 valence electrons. The Labute approximate surface area is 130 Å². The van der Waals surface area contributed by atoms with Gasteiger partial charge in [-0.15, -0.1) is 0 Å². The molecule has 1 atom stereocenters. The van der Waals surface area contributed by atoms with Gasteiger partial charge in [-0.2, -0.15) is 0 Å². The molecule has 0 fully saturated rings. The van der Waals surface area contributed by atoms with Gasteiger partial charge in [0, 0.05) is 29.8 Å². The fraction of sp³-hybridized carbons (Fsp3) is 0.538. The minimum absolute atomic E-state index is 0.0266. The van der Waals surface area contributed by atoms with Crippen molar-refractivity contribution in [3.8, 4) is 5.75 Å². The highest BCUT2D eigenvalue weighted by Gasteiger charge is 2.24. The normalized spacial score (nSPS) is 13.2. The lowest BCUT2D eigenvalue weighted by Crippen LogP contribution is -2.36. The Morgan fingerprint density at radius 1 is 1.43 bits per heavy atom. The highest BCUT2D eigenvalue weighted by atomic mass is 35.5. The molecule has 0 aromatic heterocycles. The van der Waals surface area contributed by atoms with Crippen molar-refractivity contribution in [2.75, 3.05) is 20.3 Å². The lowest BCUT2D eigenvalue weighted by Gasteiger charge is -2.17. The second-order valence-electron chi connectivity index (χ2n) is 4.48. The van der Waals surface area contributed by atoms with Crippen molar-refractivity contribution < 1.29 is 17.9 Å². The lowest BCUT2D eigenvalue weighted by molar-refractivity contribution is 0.133. The van der Waals surface area contributed by atoms with E-state index < -0.39 is 10.0 Å². The summed E-state index contributed by atoms with van der Waals surface area (Å²) in [7, 11) is -2.39. The van der Waals surface area contributed by atoms with Gasteiger partial charge < -0.3 is 15.2 Å². The number of benzene rings is 1. The zero-order valence-electron chi connectivity index (χ0n) is 12.3. The van der Waals surface area contributed by atoms with Crippen LogP contribution < -0.4 is 15.2 Å². The lowest BCUT2D eigenvalue weighted by atomic mass is 10.2. The first-order valence-corrected chi connectivity index (χ1v) is 8.38. The third-order valence-corrected chi connectivity index (χ3v) is 4.55. The Kier molecular flexibility index (Phi) is 6.89. The van der Waals surface area contributed by atoms with Crippen LogP contribution in [0.15, 0.2) is 17.0 Å². The van der Waals surface area contributed by atoms with Crippen LogP contribution in [-0.4, -0.2) is 34.8 Å². The second-order valence-corrected chi connectivity index (χ2v) is 6.60. The summed E-state index contributed by atoms with van der Waals surface area (Å²) in [5.74, 6) is 0.206. The standard InChI is InChI=1S/C13H21ClN2O4S/c1-4-20-8-9(2)16-21(17,18)12-6-11(14)5-10(7-15)13(12)19-3/h5-6,9,16H,4,7-8,15H2,1-3H3. The van der Waals surface area contributed by atoms with Crippen LogP contribution >= 0.6 is 11.6 Å². The Morgan fingerprint density at radius 2 is 2.10 bits per heavy atom. The molecule has 0 aliphatic heterocycles. The summed E-state index contributed by atoms with van der Waals surface area (Å²) in [4.78, 5) is -0.0266. The van der Waals surface area contributed by atoms with E-state index in [1.54, 1.807) is 13.0 Å². The van der Waals surface area contributed by atoms with Crippen LogP contribution in [0.25, 0.3) is 0 Å². The molecule has 0 saturated carbocycles. The Balaban J connectivity index is 3.15. The van der Waals surface area contributed by atoms with Gasteiger partial charge in [-0.1, -0.05) is 11.6 Å². The van der Waals surface area contributed by atoms with Crippen molar-refractivity contribution in [1.29, 1.82) is 0 Å². The molecule has 6 nitrogen and oxygen atoms in total. The Hall–Kier alpha value is -0.860. The van der Waals surface area contributed by atoms with Gasteiger partial charge in [0.15, 0.2) is 0 Å². The number of halogens is 1. The molecule has 0 bridgehead atoms. The number of ether oxygens (including phenoxy) is 2. The maximum absolute atomic E-state index is 12.5. The smallest absolute Gasteiger partial charge is 0.244 e. The fourth-order valence-electron chi connectivity index (χ4n) is 1.86. The molecule has 21 heavy (non-hydrogen) atoms. The molecule has 1 aromatic rings. The van der Waals surface area contributed by atoms with Crippen LogP contribution in [0.4, 0.5) is 0 Å². The van der Waals surface area contributed by atoms with E-state index in [-0.39, 0.29) is 34.9 Å². The van der Waals surface area contributed by atoms with E-state index in [1.165, 1.54) is 13.2 Å². The van der Waals surface area contributed by atoms with Crippen LogP contribution in [-0.2, 0) is 21.3 Å². The fourth-order valence-corrected chi connectivity index (χ4v) is 3.63. The highest BCUT2D eigenvalue weighted by molar-refractivity contribution is 7.89. The molecule has 1 rings (SSSR count). The molecule has 1 unspecified atom stereocenters. The van der Waals surface area contributed by atoms with E-state index in [0.29, 0.717) is 12.2 Å². The Bertz CT molecular complexity index is 578. The zero-order chi connectivity index (χ0) is 16.0. The monoisotopic (exact) mass is 336 g/mol. The SMILES string of the molecule is CCOCC(C)NS(=O)(=O)c1cc(Cl)cc(CN)c1OC. The van der Waals surface area contributed by atoms with Crippen molar-refractivity contribution in [2.45, 2.75) is 31.3 Å². The van der Waals surface area contributed by atoms with Gasteiger partial charge in [-0.3, -0.25) is 0 Å². The largest absolute Gasteiger partial charge is 0.495 e. The minimum Gasteiger partial charge on any atom is -0.495 e. The molecule has 0 aliphatic rings. The van der Waals surface area contributed by atoms with Gasteiger partial charge in [-0.25, -0.2) is 13.1 Å². The van der Waals surface area contributed by atoms with Crippen molar-refractivity contribution >= 4 is 21.6 Å². The Morgan fingerprint density at radius 3 is 2.62 bits per heavy atom. The number of hydrogen-bond acceptors (Lipinski definition) is 5. The molecule has 1 aromatic carbocycles. The predicted molar refractivity (Wildman–Crippen MR) is 82.2 cm³/mol. The maximum Gasteiger partial charge on any atom is 0.244 e. The summed E-state index contributed by atoms with van der Waals surface area (Å²) in [6, 6.07) is 2.55. The van der Waals surface area contributed by atoms with Crippen molar-refractivity contribution in [1.82, 2.24) is 4.72 Å². The average molecular weight is 337 g/mol. The number of sulfonamides is 1. The van der Waals surface area contributed by atoms with E-state index in [4.69, 9.17) is 26.8 Å². The highest BCUT2D eigenvalue weighted by Crippen LogP contribution is 2.31. The summed E-state index contributed by atoms with van der Waals surface area (Å²) >= 11 is 5.96. The van der Waals surface area contributed by atoms with Crippen molar-refractivity contribution in [3.63, 3.8) is 0 Å². The summed E-state index contributed by atoms with van der Waals surface area (Å²) in [5, 5.41) is 0.286. The number of nitrogens with one attached hydrogen (secondary N) is 1. The molecule has 8 heteroatoms. The predicted octanol–water partition coefficient (Wildman–Crippen LogP) is 1.51. The molecule has 0 aliphatic carbocycles. The van der Waals surface area contributed by atoms with E-state index in [1.807, 2.05) is 6.92 Å². The van der Waals surface area contributed by atoms with Crippen LogP contribution in [0.2, 0.25) is 5.02 Å². The van der Waals surface area contributed by atoms with Crippen LogP contribution in [0.3, 0.4) is 0 Å². The molecule has 0 spiro atoms. The quantitative estimate of drug-likeness (QED) is 0.751. The van der Waals surface area contributed by atoms with E-state index in [9.17, 15) is 8.42 Å². The molecule has 3 N–H and O–H groups in total. The van der Waals surface area contributed by atoms with Crippen molar-refractivity contribution in [2.24, 2.45) is 5.73 Å². The van der Waals surface area contributed by atoms with Gasteiger partial charge in [0.05, 0.1) is 13.7 Å². The third-order valence-electron chi connectivity index (χ3n) is 2.74. The van der Waals surface area contributed by atoms with Crippen molar-refractivity contribution in [3.05, 3.63) is 22.7 Å². The molecular formula is C13H21ClN2O4S. The molecule has 0 radical (unpaired) electrons.